The molecule has 16 nitrogen and oxygen atoms in total. The number of para-hydroxylation sites is 1. The number of nitrogens with one attached hydrogen (secondary N) is 1. The van der Waals surface area contributed by atoms with Gasteiger partial charge in [0.25, 0.3) is 5.91 Å². The summed E-state index contributed by atoms with van der Waals surface area (Å²) in [6, 6.07) is 11.8. The first-order valence-corrected chi connectivity index (χ1v) is 21.6. The first kappa shape index (κ1) is 44.5. The topological polar surface area (TPSA) is 171 Å². The molecular formula is C44H62N6O10. The van der Waals surface area contributed by atoms with Gasteiger partial charge in [-0.25, -0.2) is 14.4 Å². The largest absolute Gasteiger partial charge is 0.511 e. The second-order valence-corrected chi connectivity index (χ2v) is 16.3. The molecule has 3 fully saturated rings. The lowest BCUT2D eigenvalue weighted by molar-refractivity contribution is -0.168. The zero-order chi connectivity index (χ0) is 42.8. The number of hydrogen-bond acceptors (Lipinski definition) is 12. The van der Waals surface area contributed by atoms with Gasteiger partial charge in [0.15, 0.2) is 6.10 Å². The van der Waals surface area contributed by atoms with E-state index in [4.69, 9.17) is 18.9 Å². The molecule has 4 aliphatic heterocycles. The number of phenols is 1. The minimum atomic E-state index is -1.03. The van der Waals surface area contributed by atoms with Crippen LogP contribution in [0.4, 0.5) is 20.1 Å². The lowest BCUT2D eigenvalue weighted by Crippen LogP contribution is -2.56. The van der Waals surface area contributed by atoms with Crippen molar-refractivity contribution in [3.8, 4) is 5.75 Å². The molecule has 2 N–H and O–H groups in total. The zero-order valence-corrected chi connectivity index (χ0v) is 35.6. The van der Waals surface area contributed by atoms with Gasteiger partial charge in [0.05, 0.1) is 6.61 Å². The second-order valence-electron chi connectivity index (χ2n) is 16.3. The van der Waals surface area contributed by atoms with E-state index in [-0.39, 0.29) is 43.2 Å². The quantitative estimate of drug-likeness (QED) is 0.157. The summed E-state index contributed by atoms with van der Waals surface area (Å²) < 4.78 is 20.8. The number of piperidine rings is 2. The number of hydrogen-bond donors (Lipinski definition) is 2. The van der Waals surface area contributed by atoms with E-state index >= 15 is 0 Å². The van der Waals surface area contributed by atoms with Crippen molar-refractivity contribution < 1.29 is 48.0 Å². The molecule has 6 rings (SSSR count). The number of carbonyl (C=O) groups is 5. The predicted molar refractivity (Wildman–Crippen MR) is 223 cm³/mol. The van der Waals surface area contributed by atoms with Gasteiger partial charge in [0.2, 0.25) is 6.29 Å². The molecule has 0 spiro atoms. The van der Waals surface area contributed by atoms with Gasteiger partial charge in [-0.2, -0.15) is 0 Å². The van der Waals surface area contributed by atoms with Crippen LogP contribution in [0.3, 0.4) is 0 Å². The third kappa shape index (κ3) is 11.8. The Hall–Kier alpha value is -5.09. The number of carbonyl (C=O) groups excluding carboxylic acids is 5. The fourth-order valence-corrected chi connectivity index (χ4v) is 8.87. The molecule has 2 atom stereocenters. The van der Waals surface area contributed by atoms with E-state index in [0.717, 1.165) is 68.8 Å². The van der Waals surface area contributed by atoms with Gasteiger partial charge in [0, 0.05) is 83.3 Å². The van der Waals surface area contributed by atoms with Crippen LogP contribution in [0.25, 0.3) is 0 Å². The molecule has 0 radical (unpaired) electrons. The van der Waals surface area contributed by atoms with Crippen molar-refractivity contribution in [2.75, 3.05) is 77.4 Å². The van der Waals surface area contributed by atoms with Gasteiger partial charge in [-0.05, 0) is 107 Å². The Labute approximate surface area is 353 Å². The lowest BCUT2D eigenvalue weighted by Gasteiger charge is -2.43. The number of fused-ring (bicyclic) bond motifs is 1. The number of ether oxygens (including phenoxy) is 4. The Balaban J connectivity index is 0.971. The average molecular weight is 835 g/mol. The maximum atomic E-state index is 14.2. The lowest BCUT2D eigenvalue weighted by atomic mass is 10.00. The van der Waals surface area contributed by atoms with Crippen molar-refractivity contribution in [1.82, 2.24) is 24.5 Å². The molecule has 0 aromatic heterocycles. The second kappa shape index (κ2) is 20.9. The number of urea groups is 1. The molecule has 16 heteroatoms. The number of phenolic OH excluding ortho intramolecular Hbond substituents is 1. The number of piperazine rings is 1. The van der Waals surface area contributed by atoms with E-state index in [1.807, 2.05) is 60.0 Å². The third-order valence-electron chi connectivity index (χ3n) is 12.2. The molecule has 328 valence electrons. The number of esters is 1. The van der Waals surface area contributed by atoms with Gasteiger partial charge in [-0.1, -0.05) is 30.3 Å². The number of nitrogens with zero attached hydrogens (tertiary/aromatic N) is 5. The highest BCUT2D eigenvalue weighted by atomic mass is 16.8. The van der Waals surface area contributed by atoms with Crippen LogP contribution in [0.1, 0.15) is 74.6 Å². The third-order valence-corrected chi connectivity index (χ3v) is 12.2. The molecule has 0 bridgehead atoms. The monoisotopic (exact) mass is 834 g/mol. The van der Waals surface area contributed by atoms with Crippen LogP contribution >= 0.6 is 0 Å². The summed E-state index contributed by atoms with van der Waals surface area (Å²) in [5.41, 5.74) is 4.14. The number of benzene rings is 2. The average Bonchev–Trinajstić information content (AvgIpc) is 3.40. The Kier molecular flexibility index (Phi) is 15.5. The van der Waals surface area contributed by atoms with Gasteiger partial charge in [-0.3, -0.25) is 14.5 Å². The summed E-state index contributed by atoms with van der Waals surface area (Å²) in [4.78, 5) is 74.9. The van der Waals surface area contributed by atoms with Crippen LogP contribution in [0, 0.1) is 13.8 Å². The van der Waals surface area contributed by atoms with Crippen molar-refractivity contribution in [2.45, 2.75) is 104 Å². The van der Waals surface area contributed by atoms with Crippen LogP contribution in [0.2, 0.25) is 0 Å². The molecule has 4 amide bonds. The fraction of sp³-hybridized carbons (Fsp3) is 0.614. The first-order valence-electron chi connectivity index (χ1n) is 21.6. The molecule has 4 heterocycles. The molecule has 2 aromatic rings. The van der Waals surface area contributed by atoms with Crippen LogP contribution in [0.5, 0.6) is 5.75 Å². The molecule has 60 heavy (non-hydrogen) atoms. The number of aromatic hydroxyl groups is 1. The van der Waals surface area contributed by atoms with Crippen molar-refractivity contribution in [1.29, 1.82) is 0 Å². The zero-order valence-electron chi connectivity index (χ0n) is 35.6. The highest BCUT2D eigenvalue weighted by Crippen LogP contribution is 2.27. The summed E-state index contributed by atoms with van der Waals surface area (Å²) in [7, 11) is 0. The van der Waals surface area contributed by atoms with E-state index in [9.17, 15) is 29.1 Å². The van der Waals surface area contributed by atoms with Gasteiger partial charge in [-0.15, -0.1) is 0 Å². The van der Waals surface area contributed by atoms with E-state index in [1.165, 1.54) is 6.92 Å². The maximum absolute atomic E-state index is 14.2. The highest BCUT2D eigenvalue weighted by molar-refractivity contribution is 5.91. The Morgan fingerprint density at radius 2 is 1.50 bits per heavy atom. The van der Waals surface area contributed by atoms with Crippen molar-refractivity contribution >= 4 is 35.8 Å². The van der Waals surface area contributed by atoms with E-state index in [2.05, 4.69) is 15.1 Å². The summed E-state index contributed by atoms with van der Waals surface area (Å²) in [6.07, 6.45) is 1.54. The predicted octanol–water partition coefficient (Wildman–Crippen LogP) is 5.06. The minimum absolute atomic E-state index is 0.0147. The van der Waals surface area contributed by atoms with E-state index in [0.29, 0.717) is 69.2 Å². The number of amides is 4. The van der Waals surface area contributed by atoms with Crippen molar-refractivity contribution in [3.63, 3.8) is 0 Å². The molecule has 3 saturated heterocycles. The SMILES string of the molecule is CCOC(=O)OC(C)OC(=O)CCCN1CCC(N2CCN(C(=O)[C@@H](Cc3cc(C)c(O)c(C)c3)OC(=O)N3CCC(N4CCc5ccccc5NC4=O)CC3)CC2)CC1. The van der Waals surface area contributed by atoms with Gasteiger partial charge < -0.3 is 49.0 Å². The van der Waals surface area contributed by atoms with Crippen LogP contribution in [-0.2, 0) is 41.4 Å². The van der Waals surface area contributed by atoms with E-state index < -0.39 is 30.6 Å². The summed E-state index contributed by atoms with van der Waals surface area (Å²) in [5, 5.41) is 13.5. The van der Waals surface area contributed by atoms with E-state index in [1.54, 1.807) is 11.8 Å². The molecule has 2 aromatic carbocycles. The first-order chi connectivity index (χ1) is 28.9. The number of aryl methyl sites for hydroxylation is 2. The molecule has 0 saturated carbocycles. The fourth-order valence-electron chi connectivity index (χ4n) is 8.87. The normalized spacial score (nSPS) is 19.4. The number of anilines is 1. The Morgan fingerprint density at radius 3 is 2.18 bits per heavy atom. The summed E-state index contributed by atoms with van der Waals surface area (Å²) >= 11 is 0. The van der Waals surface area contributed by atoms with Crippen LogP contribution in [0.15, 0.2) is 36.4 Å². The molecule has 4 aliphatic rings. The minimum Gasteiger partial charge on any atom is -0.507 e. The smallest absolute Gasteiger partial charge is 0.507 e. The summed E-state index contributed by atoms with van der Waals surface area (Å²) in [5.74, 6) is -0.441. The maximum Gasteiger partial charge on any atom is 0.511 e. The van der Waals surface area contributed by atoms with Crippen molar-refractivity contribution in [3.05, 3.63) is 58.7 Å². The molecular weight excluding hydrogens is 773 g/mol. The van der Waals surface area contributed by atoms with Gasteiger partial charge >= 0.3 is 24.2 Å². The van der Waals surface area contributed by atoms with Crippen LogP contribution < -0.4 is 5.32 Å². The standard InChI is InChI=1S/C44H62N6O10/c1-5-57-44(56)59-32(4)58-39(51)11-8-17-46-18-13-35(14-19-46)47-23-25-48(26-24-47)41(53)38(29-33-27-30(2)40(52)31(3)28-33)60-43(55)49-20-15-36(16-21-49)50-22-12-34-9-6-7-10-37(34)45-42(50)54/h6-7,9-10,27-28,32,35-36,38,52H,5,8,11-26,29H2,1-4H3,(H,45,54)/t32?,38-/m1/s1. The Bertz CT molecular complexity index is 1800. The van der Waals surface area contributed by atoms with Gasteiger partial charge in [0.1, 0.15) is 5.75 Å². The highest BCUT2D eigenvalue weighted by Gasteiger charge is 2.36. The van der Waals surface area contributed by atoms with Crippen LogP contribution in [-0.4, -0.2) is 156 Å². The number of rotatable bonds is 13. The molecule has 0 aliphatic carbocycles. The van der Waals surface area contributed by atoms with Crippen molar-refractivity contribution in [2.24, 2.45) is 0 Å². The molecule has 1 unspecified atom stereocenters. The Morgan fingerprint density at radius 1 is 0.833 bits per heavy atom. The number of likely N-dealkylation sites (tertiary alicyclic amines) is 2. The summed E-state index contributed by atoms with van der Waals surface area (Å²) in [6.45, 7) is 13.4.